The fourth-order valence-electron chi connectivity index (χ4n) is 5.11. The van der Waals surface area contributed by atoms with Crippen LogP contribution < -0.4 is 16.0 Å². The highest BCUT2D eigenvalue weighted by Crippen LogP contribution is 2.41. The number of hydrogen-bond donors (Lipinski definition) is 4. The summed E-state index contributed by atoms with van der Waals surface area (Å²) in [6.45, 7) is 2.64. The highest BCUT2D eigenvalue weighted by Gasteiger charge is 2.36. The van der Waals surface area contributed by atoms with Gasteiger partial charge < -0.3 is 26.2 Å². The number of carbonyl (C=O) groups is 1. The van der Waals surface area contributed by atoms with Gasteiger partial charge in [-0.2, -0.15) is 0 Å². The zero-order valence-corrected chi connectivity index (χ0v) is 20.0. The number of carbonyl (C=O) groups excluding carboxylic acids is 1. The molecule has 3 heterocycles. The van der Waals surface area contributed by atoms with Gasteiger partial charge in [0.2, 0.25) is 0 Å². The van der Waals surface area contributed by atoms with Crippen molar-refractivity contribution in [3.8, 4) is 11.3 Å². The summed E-state index contributed by atoms with van der Waals surface area (Å²) < 4.78 is 43.1. The number of aliphatic hydroxyl groups excluding tert-OH is 2. The van der Waals surface area contributed by atoms with Gasteiger partial charge in [-0.1, -0.05) is 13.0 Å². The molecule has 1 aliphatic heterocycles. The van der Waals surface area contributed by atoms with Crippen LogP contribution in [0.5, 0.6) is 0 Å². The number of halogens is 3. The topological polar surface area (TPSA) is 125 Å². The molecule has 1 fully saturated rings. The fraction of sp³-hybridized carbons (Fsp3) is 0.346. The lowest BCUT2D eigenvalue weighted by atomic mass is 9.92. The molecular formula is C26H26F3N5O3. The molecule has 1 amide bonds. The molecule has 0 unspecified atom stereocenters. The summed E-state index contributed by atoms with van der Waals surface area (Å²) in [5, 5.41) is 23.4. The molecule has 5 rings (SSSR count). The van der Waals surface area contributed by atoms with E-state index in [0.29, 0.717) is 43.0 Å². The van der Waals surface area contributed by atoms with Gasteiger partial charge >= 0.3 is 0 Å². The first-order valence-electron chi connectivity index (χ1n) is 12.0. The Hall–Kier alpha value is -3.54. The molecule has 1 saturated heterocycles. The first-order valence-corrected chi connectivity index (χ1v) is 12.0. The van der Waals surface area contributed by atoms with Gasteiger partial charge in [0.15, 0.2) is 0 Å². The van der Waals surface area contributed by atoms with Crippen LogP contribution in [0.15, 0.2) is 36.5 Å². The van der Waals surface area contributed by atoms with Gasteiger partial charge in [-0.25, -0.2) is 18.2 Å². The predicted molar refractivity (Wildman–Crippen MR) is 130 cm³/mol. The quantitative estimate of drug-likeness (QED) is 0.423. The Bertz CT molecular complexity index is 1340. The fourth-order valence-corrected chi connectivity index (χ4v) is 5.11. The molecule has 0 bridgehead atoms. The Morgan fingerprint density at radius 2 is 1.84 bits per heavy atom. The minimum absolute atomic E-state index is 0.153. The first-order chi connectivity index (χ1) is 17.7. The maximum atomic E-state index is 14.5. The standard InChI is InChI=1S/C26H26F3N5O3/c1-12-10-34(11-17(30)25(12)36)24-13-5-8-20(35)22(13)31-9-19(24)33-26(37)18-7-6-16(29)23(32-18)21-14(27)3-2-4-15(21)28/h2-4,6-7,9,12,17,20,25,35-36H,5,8,10-11,30H2,1H3,(H,33,37)/t12-,17+,20+,25+/m1/s1. The van der Waals surface area contributed by atoms with Crippen molar-refractivity contribution in [1.82, 2.24) is 9.97 Å². The van der Waals surface area contributed by atoms with Crippen molar-refractivity contribution in [2.24, 2.45) is 11.7 Å². The average molecular weight is 514 g/mol. The Morgan fingerprint density at radius 3 is 2.54 bits per heavy atom. The summed E-state index contributed by atoms with van der Waals surface area (Å²) in [5.74, 6) is -3.90. The Labute approximate surface area is 211 Å². The van der Waals surface area contributed by atoms with E-state index < -0.39 is 52.9 Å². The SMILES string of the molecule is C[C@@H]1CN(c2c(NC(=O)c3ccc(F)c(-c4c(F)cccc4F)n3)cnc3c2CC[C@@H]3O)C[C@H](N)[C@H]1O. The molecule has 5 N–H and O–H groups in total. The number of amides is 1. The molecule has 0 saturated carbocycles. The van der Waals surface area contributed by atoms with E-state index in [2.05, 4.69) is 15.3 Å². The molecule has 2 aromatic heterocycles. The summed E-state index contributed by atoms with van der Waals surface area (Å²) >= 11 is 0. The van der Waals surface area contributed by atoms with Gasteiger partial charge in [0, 0.05) is 30.6 Å². The number of piperidine rings is 1. The van der Waals surface area contributed by atoms with Crippen molar-refractivity contribution < 1.29 is 28.2 Å². The maximum Gasteiger partial charge on any atom is 0.274 e. The second-order valence-corrected chi connectivity index (χ2v) is 9.55. The lowest BCUT2D eigenvalue weighted by molar-refractivity contribution is 0.0784. The van der Waals surface area contributed by atoms with Gasteiger partial charge in [0.1, 0.15) is 28.8 Å². The number of fused-ring (bicyclic) bond motifs is 1. The number of aliphatic hydroxyl groups is 2. The summed E-state index contributed by atoms with van der Waals surface area (Å²) in [6.07, 6.45) is 0.994. The first kappa shape index (κ1) is 25.1. The minimum Gasteiger partial charge on any atom is -0.391 e. The largest absolute Gasteiger partial charge is 0.391 e. The van der Waals surface area contributed by atoms with Crippen LogP contribution >= 0.6 is 0 Å². The van der Waals surface area contributed by atoms with Crippen LogP contribution in [-0.4, -0.2) is 51.3 Å². The van der Waals surface area contributed by atoms with E-state index in [0.717, 1.165) is 35.9 Å². The van der Waals surface area contributed by atoms with Crippen LogP contribution in [0.3, 0.4) is 0 Å². The number of anilines is 2. The molecule has 37 heavy (non-hydrogen) atoms. The molecule has 8 nitrogen and oxygen atoms in total. The highest BCUT2D eigenvalue weighted by atomic mass is 19.1. The molecule has 3 aromatic rings. The van der Waals surface area contributed by atoms with Gasteiger partial charge in [0.25, 0.3) is 5.91 Å². The molecule has 194 valence electrons. The van der Waals surface area contributed by atoms with E-state index in [-0.39, 0.29) is 11.6 Å². The van der Waals surface area contributed by atoms with Gasteiger partial charge in [0.05, 0.1) is 41.0 Å². The normalized spacial score (nSPS) is 23.2. The van der Waals surface area contributed by atoms with Crippen molar-refractivity contribution in [2.75, 3.05) is 23.3 Å². The van der Waals surface area contributed by atoms with Crippen LogP contribution in [0, 0.1) is 23.4 Å². The zero-order valence-electron chi connectivity index (χ0n) is 20.0. The van der Waals surface area contributed by atoms with E-state index in [1.54, 1.807) is 0 Å². The van der Waals surface area contributed by atoms with Crippen LogP contribution in [0.25, 0.3) is 11.3 Å². The number of rotatable bonds is 4. The molecule has 0 spiro atoms. The number of hydrogen-bond acceptors (Lipinski definition) is 7. The molecule has 0 radical (unpaired) electrons. The number of benzene rings is 1. The number of aromatic nitrogens is 2. The van der Waals surface area contributed by atoms with Crippen molar-refractivity contribution in [3.05, 3.63) is 70.9 Å². The molecule has 11 heteroatoms. The van der Waals surface area contributed by atoms with Gasteiger partial charge in [-0.3, -0.25) is 9.78 Å². The third-order valence-electron chi connectivity index (χ3n) is 6.97. The second-order valence-electron chi connectivity index (χ2n) is 9.55. The Balaban J connectivity index is 1.52. The van der Waals surface area contributed by atoms with Crippen LogP contribution in [0.1, 0.15) is 41.2 Å². The summed E-state index contributed by atoms with van der Waals surface area (Å²) in [7, 11) is 0. The van der Waals surface area contributed by atoms with E-state index in [1.807, 2.05) is 11.8 Å². The number of nitrogens with zero attached hydrogens (tertiary/aromatic N) is 3. The zero-order chi connectivity index (χ0) is 26.4. The molecule has 4 atom stereocenters. The van der Waals surface area contributed by atoms with Crippen molar-refractivity contribution in [1.29, 1.82) is 0 Å². The lowest BCUT2D eigenvalue weighted by Crippen LogP contribution is -2.56. The van der Waals surface area contributed by atoms with Crippen molar-refractivity contribution in [3.63, 3.8) is 0 Å². The van der Waals surface area contributed by atoms with E-state index in [9.17, 15) is 28.2 Å². The van der Waals surface area contributed by atoms with E-state index >= 15 is 0 Å². The van der Waals surface area contributed by atoms with E-state index in [4.69, 9.17) is 5.73 Å². The third-order valence-corrected chi connectivity index (χ3v) is 6.97. The Kier molecular flexibility index (Phi) is 6.61. The van der Waals surface area contributed by atoms with Crippen molar-refractivity contribution in [2.45, 2.75) is 38.0 Å². The molecule has 2 aliphatic rings. The average Bonchev–Trinajstić information content (AvgIpc) is 3.23. The van der Waals surface area contributed by atoms with Crippen LogP contribution in [-0.2, 0) is 6.42 Å². The van der Waals surface area contributed by atoms with E-state index in [1.165, 1.54) is 6.20 Å². The Morgan fingerprint density at radius 1 is 1.11 bits per heavy atom. The van der Waals surface area contributed by atoms with Crippen molar-refractivity contribution >= 4 is 17.3 Å². The van der Waals surface area contributed by atoms with Gasteiger partial charge in [-0.15, -0.1) is 0 Å². The maximum absolute atomic E-state index is 14.5. The van der Waals surface area contributed by atoms with Crippen LogP contribution in [0.4, 0.5) is 24.5 Å². The second kappa shape index (κ2) is 9.73. The monoisotopic (exact) mass is 513 g/mol. The number of nitrogens with two attached hydrogens (primary N) is 1. The number of pyridine rings is 2. The smallest absolute Gasteiger partial charge is 0.274 e. The highest BCUT2D eigenvalue weighted by molar-refractivity contribution is 6.05. The minimum atomic E-state index is -1.01. The van der Waals surface area contributed by atoms with Gasteiger partial charge in [-0.05, 0) is 37.1 Å². The predicted octanol–water partition coefficient (Wildman–Crippen LogP) is 2.94. The number of nitrogens with one attached hydrogen (secondary N) is 1. The summed E-state index contributed by atoms with van der Waals surface area (Å²) in [4.78, 5) is 23.4. The van der Waals surface area contributed by atoms with Crippen LogP contribution in [0.2, 0.25) is 0 Å². The lowest BCUT2D eigenvalue weighted by Gasteiger charge is -2.41. The summed E-state index contributed by atoms with van der Waals surface area (Å²) in [5.41, 5.74) is 6.85. The third kappa shape index (κ3) is 4.54. The molecule has 1 aromatic carbocycles. The molecular weight excluding hydrogens is 487 g/mol. The summed E-state index contributed by atoms with van der Waals surface area (Å²) in [6, 6.07) is 4.61. The molecule has 1 aliphatic carbocycles.